The molecule has 1 heterocycles. The molecule has 1 aromatic carbocycles. The van der Waals surface area contributed by atoms with E-state index in [2.05, 4.69) is 10.3 Å². The van der Waals surface area contributed by atoms with Crippen molar-refractivity contribution in [2.75, 3.05) is 13.3 Å². The predicted molar refractivity (Wildman–Crippen MR) is 87.0 cm³/mol. The third kappa shape index (κ3) is 3.90. The van der Waals surface area contributed by atoms with E-state index < -0.39 is 9.84 Å². The van der Waals surface area contributed by atoms with Crippen molar-refractivity contribution in [1.29, 1.82) is 0 Å². The quantitative estimate of drug-likeness (QED) is 0.650. The van der Waals surface area contributed by atoms with E-state index in [1.54, 1.807) is 25.2 Å². The number of nitrogens with zero attached hydrogens (tertiary/aromatic N) is 1. The molecule has 0 saturated carbocycles. The molecule has 0 bridgehead atoms. The summed E-state index contributed by atoms with van der Waals surface area (Å²) in [5, 5.41) is 4.89. The number of rotatable bonds is 5. The van der Waals surface area contributed by atoms with Crippen molar-refractivity contribution < 1.29 is 8.42 Å². The number of benzene rings is 1. The van der Waals surface area contributed by atoms with Gasteiger partial charge in [0.15, 0.2) is 9.84 Å². The first kappa shape index (κ1) is 15.7. The molecule has 2 aromatic rings. The number of nitrogens with two attached hydrogens (primary N) is 1. The third-order valence-corrected chi connectivity index (χ3v) is 4.92. The second-order valence-electron chi connectivity index (χ2n) is 4.57. The van der Waals surface area contributed by atoms with Crippen LogP contribution in [0.25, 0.3) is 0 Å². The zero-order chi connectivity index (χ0) is 15.5. The number of thiophene rings is 1. The van der Waals surface area contributed by atoms with Gasteiger partial charge in [0.1, 0.15) is 5.84 Å². The Morgan fingerprint density at radius 2 is 2.14 bits per heavy atom. The van der Waals surface area contributed by atoms with Crippen LogP contribution in [0.2, 0.25) is 0 Å². The smallest absolute Gasteiger partial charge is 0.175 e. The van der Waals surface area contributed by atoms with Gasteiger partial charge in [-0.2, -0.15) is 0 Å². The van der Waals surface area contributed by atoms with Crippen molar-refractivity contribution in [3.05, 3.63) is 46.2 Å². The number of amidine groups is 1. The molecule has 21 heavy (non-hydrogen) atoms. The van der Waals surface area contributed by atoms with Crippen molar-refractivity contribution in [1.82, 2.24) is 5.32 Å². The zero-order valence-corrected chi connectivity index (χ0v) is 13.5. The molecule has 2 rings (SSSR count). The van der Waals surface area contributed by atoms with Gasteiger partial charge in [0.05, 0.1) is 15.5 Å². The van der Waals surface area contributed by atoms with Crippen LogP contribution in [0.4, 0.5) is 5.69 Å². The minimum Gasteiger partial charge on any atom is -0.383 e. The van der Waals surface area contributed by atoms with Crippen molar-refractivity contribution in [2.24, 2.45) is 10.7 Å². The molecule has 112 valence electrons. The Morgan fingerprint density at radius 1 is 1.38 bits per heavy atom. The first-order valence-electron chi connectivity index (χ1n) is 6.27. The van der Waals surface area contributed by atoms with Crippen molar-refractivity contribution >= 4 is 32.7 Å². The highest BCUT2D eigenvalue weighted by Crippen LogP contribution is 2.23. The summed E-state index contributed by atoms with van der Waals surface area (Å²) in [5.74, 6) is 0.424. The molecule has 3 N–H and O–H groups in total. The third-order valence-electron chi connectivity index (χ3n) is 2.83. The van der Waals surface area contributed by atoms with E-state index in [4.69, 9.17) is 5.73 Å². The number of sulfone groups is 1. The fraction of sp³-hybridized carbons (Fsp3) is 0.214. The van der Waals surface area contributed by atoms with E-state index >= 15 is 0 Å². The van der Waals surface area contributed by atoms with Crippen LogP contribution in [0.5, 0.6) is 0 Å². The minimum atomic E-state index is -3.26. The van der Waals surface area contributed by atoms with Crippen LogP contribution in [-0.4, -0.2) is 27.6 Å². The summed E-state index contributed by atoms with van der Waals surface area (Å²) >= 11 is 1.51. The topological polar surface area (TPSA) is 84.5 Å². The highest BCUT2D eigenvalue weighted by molar-refractivity contribution is 7.90. The maximum absolute atomic E-state index is 11.8. The Hall–Kier alpha value is -1.70. The highest BCUT2D eigenvalue weighted by Gasteiger charge is 2.13. The van der Waals surface area contributed by atoms with E-state index in [9.17, 15) is 8.42 Å². The Labute approximate surface area is 128 Å². The predicted octanol–water partition coefficient (Wildman–Crippen LogP) is 1.91. The van der Waals surface area contributed by atoms with Crippen molar-refractivity contribution in [3.8, 4) is 0 Å². The lowest BCUT2D eigenvalue weighted by Crippen LogP contribution is -2.12. The molecule has 5 nitrogen and oxygen atoms in total. The summed E-state index contributed by atoms with van der Waals surface area (Å²) in [6.45, 7) is 0.449. The fourth-order valence-corrected chi connectivity index (χ4v) is 3.49. The van der Waals surface area contributed by atoms with Crippen molar-refractivity contribution in [3.63, 3.8) is 0 Å². The highest BCUT2D eigenvalue weighted by atomic mass is 32.2. The summed E-state index contributed by atoms with van der Waals surface area (Å²) < 4.78 is 23.5. The summed E-state index contributed by atoms with van der Waals surface area (Å²) in [6, 6.07) is 8.77. The molecule has 0 aliphatic carbocycles. The molecule has 0 aliphatic rings. The summed E-state index contributed by atoms with van der Waals surface area (Å²) in [7, 11) is -1.50. The molecule has 0 unspecified atom stereocenters. The normalized spacial score (nSPS) is 12.6. The first-order valence-corrected chi connectivity index (χ1v) is 9.04. The van der Waals surface area contributed by atoms with Crippen LogP contribution in [0.3, 0.4) is 0 Å². The van der Waals surface area contributed by atoms with Crippen molar-refractivity contribution in [2.45, 2.75) is 11.4 Å². The number of nitrogens with one attached hydrogen (secondary N) is 1. The Balaban J connectivity index is 2.43. The standard InChI is InChI=1S/C14H17N3O2S2/c1-16-9-10-8-11(5-6-13(10)21(2,18)19)17-14(15)12-4-3-7-20-12/h3-8,16H,9H2,1-2H3,(H2,15,17). The van der Waals surface area contributed by atoms with Crippen LogP contribution < -0.4 is 11.1 Å². The molecular formula is C14H17N3O2S2. The van der Waals surface area contributed by atoms with E-state index in [0.29, 0.717) is 28.5 Å². The largest absolute Gasteiger partial charge is 0.383 e. The van der Waals surface area contributed by atoms with Gasteiger partial charge in [0.25, 0.3) is 0 Å². The van der Waals surface area contributed by atoms with Gasteiger partial charge in [0, 0.05) is 12.8 Å². The van der Waals surface area contributed by atoms with Crippen LogP contribution in [0.15, 0.2) is 45.6 Å². The molecule has 0 amide bonds. The van der Waals surface area contributed by atoms with E-state index in [0.717, 1.165) is 4.88 Å². The Morgan fingerprint density at radius 3 is 2.71 bits per heavy atom. The maximum atomic E-state index is 11.8. The van der Waals surface area contributed by atoms with Crippen LogP contribution in [0.1, 0.15) is 10.4 Å². The van der Waals surface area contributed by atoms with Gasteiger partial charge in [-0.15, -0.1) is 11.3 Å². The van der Waals surface area contributed by atoms with Gasteiger partial charge >= 0.3 is 0 Å². The first-order chi connectivity index (χ1) is 9.91. The van der Waals surface area contributed by atoms with E-state index in [-0.39, 0.29) is 0 Å². The van der Waals surface area contributed by atoms with E-state index in [1.165, 1.54) is 17.6 Å². The van der Waals surface area contributed by atoms with Gasteiger partial charge < -0.3 is 11.1 Å². The van der Waals surface area contributed by atoms with Gasteiger partial charge in [-0.3, -0.25) is 0 Å². The minimum absolute atomic E-state index is 0.311. The van der Waals surface area contributed by atoms with Crippen LogP contribution >= 0.6 is 11.3 Å². The molecule has 0 saturated heterocycles. The van der Waals surface area contributed by atoms with Gasteiger partial charge in [0.2, 0.25) is 0 Å². The average Bonchev–Trinajstić information content (AvgIpc) is 2.91. The molecule has 7 heteroatoms. The SMILES string of the molecule is CNCc1cc(N=C(N)c2cccs2)ccc1S(C)(=O)=O. The Kier molecular flexibility index (Phi) is 4.76. The number of aliphatic imine (C=N–C) groups is 1. The van der Waals surface area contributed by atoms with Gasteiger partial charge in [-0.25, -0.2) is 13.4 Å². The second-order valence-corrected chi connectivity index (χ2v) is 7.50. The number of hydrogen-bond acceptors (Lipinski definition) is 5. The monoisotopic (exact) mass is 323 g/mol. The lowest BCUT2D eigenvalue weighted by Gasteiger charge is -2.08. The number of hydrogen-bond donors (Lipinski definition) is 2. The molecule has 1 aromatic heterocycles. The maximum Gasteiger partial charge on any atom is 0.175 e. The molecular weight excluding hydrogens is 306 g/mol. The summed E-state index contributed by atoms with van der Waals surface area (Å²) in [6.07, 6.45) is 1.20. The average molecular weight is 323 g/mol. The lowest BCUT2D eigenvalue weighted by atomic mass is 10.2. The van der Waals surface area contributed by atoms with Gasteiger partial charge in [-0.1, -0.05) is 6.07 Å². The molecule has 0 spiro atoms. The van der Waals surface area contributed by atoms with Gasteiger partial charge in [-0.05, 0) is 42.3 Å². The van der Waals surface area contributed by atoms with E-state index in [1.807, 2.05) is 17.5 Å². The zero-order valence-electron chi connectivity index (χ0n) is 11.8. The van der Waals surface area contributed by atoms with Crippen LogP contribution in [-0.2, 0) is 16.4 Å². The second kappa shape index (κ2) is 6.38. The molecule has 0 radical (unpaired) electrons. The Bertz CT molecular complexity index is 751. The molecule has 0 aliphatic heterocycles. The molecule has 0 atom stereocenters. The lowest BCUT2D eigenvalue weighted by molar-refractivity contribution is 0.600. The summed E-state index contributed by atoms with van der Waals surface area (Å²) in [4.78, 5) is 5.55. The fourth-order valence-electron chi connectivity index (χ4n) is 1.94. The summed E-state index contributed by atoms with van der Waals surface area (Å²) in [5.41, 5.74) is 7.26. The van der Waals surface area contributed by atoms with Crippen LogP contribution in [0, 0.1) is 0 Å². The molecule has 0 fully saturated rings.